The van der Waals surface area contributed by atoms with Crippen molar-refractivity contribution in [2.24, 2.45) is 0 Å². The summed E-state index contributed by atoms with van der Waals surface area (Å²) in [5.74, 6) is -2.78. The van der Waals surface area contributed by atoms with E-state index in [1.165, 1.54) is 31.2 Å². The molecule has 0 aliphatic carbocycles. The molecule has 234 valence electrons. The van der Waals surface area contributed by atoms with Gasteiger partial charge in [-0.2, -0.15) is 0 Å². The topological polar surface area (TPSA) is 65.2 Å². The molecule has 3 aromatic carbocycles. The molecule has 1 unspecified atom stereocenters. The Balaban J connectivity index is 1.75. The van der Waals surface area contributed by atoms with E-state index in [4.69, 9.17) is 14.3 Å². The SMILES string of the molecule is CCC(F)(F)c1ccc(Cc2c(C(C)C)cc(COc3ccc([NH+](COC)OC)cn3)c(CO)c2-c2ccc(F)cc2)cc1. The van der Waals surface area contributed by atoms with Crippen LogP contribution >= 0.6 is 0 Å². The third kappa shape index (κ3) is 7.65. The van der Waals surface area contributed by atoms with Crippen LogP contribution in [-0.2, 0) is 35.1 Å². The smallest absolute Gasteiger partial charge is 0.273 e. The minimum Gasteiger partial charge on any atom is -0.473 e. The Bertz CT molecular complexity index is 1510. The Morgan fingerprint density at radius 3 is 2.20 bits per heavy atom. The van der Waals surface area contributed by atoms with Gasteiger partial charge in [0.15, 0.2) is 5.69 Å². The summed E-state index contributed by atoms with van der Waals surface area (Å²) in [4.78, 5) is 9.80. The van der Waals surface area contributed by atoms with Crippen LogP contribution in [0.15, 0.2) is 72.9 Å². The van der Waals surface area contributed by atoms with Crippen molar-refractivity contribution in [3.63, 3.8) is 0 Å². The Morgan fingerprint density at radius 2 is 1.66 bits per heavy atom. The highest BCUT2D eigenvalue weighted by Crippen LogP contribution is 2.38. The number of ether oxygens (including phenoxy) is 2. The molecule has 0 bridgehead atoms. The van der Waals surface area contributed by atoms with Crippen molar-refractivity contribution >= 4 is 5.69 Å². The number of halogens is 3. The number of aliphatic hydroxyl groups is 1. The number of alkyl halides is 2. The first-order valence-corrected chi connectivity index (χ1v) is 14.6. The molecule has 1 aromatic heterocycles. The molecular formula is C35H40F3N2O4+. The van der Waals surface area contributed by atoms with Gasteiger partial charge in [0.2, 0.25) is 12.6 Å². The number of aliphatic hydroxyl groups excluding tert-OH is 1. The fraction of sp³-hybridized carbons (Fsp3) is 0.343. The number of hydrogen-bond donors (Lipinski definition) is 2. The Kier molecular flexibility index (Phi) is 11.2. The van der Waals surface area contributed by atoms with Crippen molar-refractivity contribution in [2.45, 2.75) is 58.7 Å². The molecule has 0 amide bonds. The first-order chi connectivity index (χ1) is 21.1. The van der Waals surface area contributed by atoms with E-state index in [9.17, 15) is 18.3 Å². The first-order valence-electron chi connectivity index (χ1n) is 14.6. The van der Waals surface area contributed by atoms with Gasteiger partial charge in [0.25, 0.3) is 5.92 Å². The lowest BCUT2D eigenvalue weighted by Crippen LogP contribution is -3.06. The highest BCUT2D eigenvalue weighted by Gasteiger charge is 2.29. The van der Waals surface area contributed by atoms with E-state index in [1.54, 1.807) is 50.7 Å². The summed E-state index contributed by atoms with van der Waals surface area (Å²) < 4.78 is 53.8. The van der Waals surface area contributed by atoms with Crippen molar-refractivity contribution in [3.8, 4) is 17.0 Å². The number of hydroxylamine groups is 1. The fourth-order valence-corrected chi connectivity index (χ4v) is 5.28. The van der Waals surface area contributed by atoms with Gasteiger partial charge in [-0.3, -0.25) is 0 Å². The normalized spacial score (nSPS) is 12.5. The van der Waals surface area contributed by atoms with Gasteiger partial charge in [0.05, 0.1) is 19.9 Å². The van der Waals surface area contributed by atoms with Gasteiger partial charge in [0, 0.05) is 31.2 Å². The summed E-state index contributed by atoms with van der Waals surface area (Å²) in [6.07, 6.45) is 1.81. The van der Waals surface area contributed by atoms with Gasteiger partial charge in [-0.05, 0) is 63.4 Å². The standard InChI is InChI=1S/C35H39F3N2O4/c1-6-35(37,38)27-11-7-24(8-12-27)17-31-30(23(2)3)18-26(32(20-41)34(31)25-9-13-28(36)14-10-25)21-44-33-16-15-29(19-39-33)40(43-5)22-42-4/h7-16,18-19,23,41H,6,17,20-22H2,1-5H3/p+1. The van der Waals surface area contributed by atoms with Crippen LogP contribution in [0.4, 0.5) is 18.9 Å². The van der Waals surface area contributed by atoms with Crippen LogP contribution in [0.2, 0.25) is 0 Å². The summed E-state index contributed by atoms with van der Waals surface area (Å²) >= 11 is 0. The number of nitrogens with one attached hydrogen (secondary N) is 1. The van der Waals surface area contributed by atoms with E-state index in [-0.39, 0.29) is 36.9 Å². The molecule has 0 spiro atoms. The molecule has 0 aliphatic heterocycles. The predicted molar refractivity (Wildman–Crippen MR) is 163 cm³/mol. The average molecular weight is 610 g/mol. The number of quaternary nitrogens is 1. The number of aromatic nitrogens is 1. The molecule has 44 heavy (non-hydrogen) atoms. The average Bonchev–Trinajstić information content (AvgIpc) is 3.03. The van der Waals surface area contributed by atoms with Crippen LogP contribution < -0.4 is 9.80 Å². The molecule has 1 heterocycles. The Labute approximate surface area is 257 Å². The highest BCUT2D eigenvalue weighted by atomic mass is 19.3. The van der Waals surface area contributed by atoms with Crippen LogP contribution in [0.3, 0.4) is 0 Å². The minimum absolute atomic E-state index is 0.0215. The fourth-order valence-electron chi connectivity index (χ4n) is 5.28. The molecule has 0 fully saturated rings. The first kappa shape index (κ1) is 33.1. The molecule has 0 radical (unpaired) electrons. The maximum atomic E-state index is 14.3. The van der Waals surface area contributed by atoms with E-state index in [0.29, 0.717) is 29.7 Å². The minimum atomic E-state index is -2.89. The van der Waals surface area contributed by atoms with E-state index in [2.05, 4.69) is 18.8 Å². The van der Waals surface area contributed by atoms with Crippen molar-refractivity contribution in [3.05, 3.63) is 112 Å². The highest BCUT2D eigenvalue weighted by molar-refractivity contribution is 5.75. The summed E-state index contributed by atoms with van der Waals surface area (Å²) in [5, 5.41) is 11.3. The monoisotopic (exact) mass is 609 g/mol. The van der Waals surface area contributed by atoms with Gasteiger partial charge >= 0.3 is 0 Å². The molecule has 4 rings (SSSR count). The van der Waals surface area contributed by atoms with Crippen molar-refractivity contribution in [1.29, 1.82) is 0 Å². The zero-order valence-corrected chi connectivity index (χ0v) is 25.8. The summed E-state index contributed by atoms with van der Waals surface area (Å²) in [6, 6.07) is 18.2. The van der Waals surface area contributed by atoms with E-state index in [0.717, 1.165) is 39.1 Å². The molecule has 1 atom stereocenters. The lowest BCUT2D eigenvalue weighted by Gasteiger charge is -2.24. The lowest BCUT2D eigenvalue weighted by molar-refractivity contribution is -1.05. The van der Waals surface area contributed by atoms with E-state index in [1.807, 2.05) is 12.1 Å². The van der Waals surface area contributed by atoms with Crippen LogP contribution in [0.25, 0.3) is 11.1 Å². The van der Waals surface area contributed by atoms with Crippen LogP contribution in [0.5, 0.6) is 5.88 Å². The molecule has 0 saturated heterocycles. The second-order valence-corrected chi connectivity index (χ2v) is 10.9. The molecular weight excluding hydrogens is 569 g/mol. The van der Waals surface area contributed by atoms with Crippen LogP contribution in [0.1, 0.15) is 66.5 Å². The van der Waals surface area contributed by atoms with Gasteiger partial charge in [-0.1, -0.05) is 63.2 Å². The molecule has 0 aliphatic rings. The molecule has 9 heteroatoms. The van der Waals surface area contributed by atoms with E-state index < -0.39 is 5.92 Å². The zero-order valence-electron chi connectivity index (χ0n) is 25.8. The van der Waals surface area contributed by atoms with Gasteiger partial charge in [-0.25, -0.2) is 23.0 Å². The number of hydrogen-bond acceptors (Lipinski definition) is 5. The maximum Gasteiger partial charge on any atom is 0.273 e. The lowest BCUT2D eigenvalue weighted by atomic mass is 9.82. The van der Waals surface area contributed by atoms with Crippen LogP contribution in [0, 0.1) is 5.82 Å². The molecule has 6 nitrogen and oxygen atoms in total. The zero-order chi connectivity index (χ0) is 31.9. The van der Waals surface area contributed by atoms with Gasteiger partial charge < -0.3 is 14.6 Å². The molecule has 4 aromatic rings. The number of methoxy groups -OCH3 is 1. The maximum absolute atomic E-state index is 14.3. The summed E-state index contributed by atoms with van der Waals surface area (Å²) in [5.41, 5.74) is 6.50. The summed E-state index contributed by atoms with van der Waals surface area (Å²) in [7, 11) is 3.16. The Morgan fingerprint density at radius 1 is 0.955 bits per heavy atom. The molecule has 0 saturated carbocycles. The van der Waals surface area contributed by atoms with Crippen molar-refractivity contribution in [2.75, 3.05) is 21.0 Å². The van der Waals surface area contributed by atoms with Gasteiger partial charge in [0.1, 0.15) is 12.4 Å². The number of pyridine rings is 1. The quantitative estimate of drug-likeness (QED) is 0.121. The third-order valence-electron chi connectivity index (χ3n) is 7.74. The number of nitrogens with zero attached hydrogens (tertiary/aromatic N) is 1. The van der Waals surface area contributed by atoms with Crippen molar-refractivity contribution < 1.29 is 37.7 Å². The summed E-state index contributed by atoms with van der Waals surface area (Å²) in [6.45, 7) is 5.77. The predicted octanol–water partition coefficient (Wildman–Crippen LogP) is 6.86. The van der Waals surface area contributed by atoms with E-state index >= 15 is 0 Å². The van der Waals surface area contributed by atoms with Gasteiger partial charge in [-0.15, -0.1) is 5.06 Å². The Hall–Kier alpha value is -3.76. The third-order valence-corrected chi connectivity index (χ3v) is 7.74. The number of benzene rings is 3. The number of rotatable bonds is 14. The van der Waals surface area contributed by atoms with Crippen molar-refractivity contribution in [1.82, 2.24) is 4.98 Å². The largest absolute Gasteiger partial charge is 0.473 e. The second kappa shape index (κ2) is 14.8. The second-order valence-electron chi connectivity index (χ2n) is 10.9. The van der Waals surface area contributed by atoms with Crippen LogP contribution in [-0.4, -0.2) is 31.0 Å². The molecule has 2 N–H and O–H groups in total.